The lowest BCUT2D eigenvalue weighted by molar-refractivity contribution is 0.463. The normalized spacial score (nSPS) is 12.7. The largest absolute Gasteiger partial charge is 0.306 e. The van der Waals surface area contributed by atoms with Crippen LogP contribution in [0.2, 0.25) is 5.02 Å². The number of halogens is 3. The summed E-state index contributed by atoms with van der Waals surface area (Å²) in [6.07, 6.45) is 1.73. The Kier molecular flexibility index (Phi) is 5.26. The van der Waals surface area contributed by atoms with E-state index in [1.165, 1.54) is 24.4 Å². The Balaban J connectivity index is 2.23. The standard InChI is InChI=1S/C16H17ClF2N2/c1-10(2)21-16(15-6-4-12(18)9-20-15)8-11-3-5-13(17)14(19)7-11/h3-7,9-10,16,21H,8H2,1-2H3. The van der Waals surface area contributed by atoms with E-state index >= 15 is 0 Å². The van der Waals surface area contributed by atoms with Crippen LogP contribution >= 0.6 is 11.6 Å². The van der Waals surface area contributed by atoms with E-state index in [4.69, 9.17) is 11.6 Å². The van der Waals surface area contributed by atoms with Gasteiger partial charge in [0, 0.05) is 6.04 Å². The molecule has 1 aromatic carbocycles. The van der Waals surface area contributed by atoms with Crippen molar-refractivity contribution < 1.29 is 8.78 Å². The molecule has 1 N–H and O–H groups in total. The van der Waals surface area contributed by atoms with Gasteiger partial charge in [-0.15, -0.1) is 0 Å². The molecule has 0 fully saturated rings. The molecule has 1 unspecified atom stereocenters. The molecule has 0 bridgehead atoms. The number of nitrogens with zero attached hydrogens (tertiary/aromatic N) is 1. The highest BCUT2D eigenvalue weighted by atomic mass is 35.5. The van der Waals surface area contributed by atoms with Crippen LogP contribution in [-0.2, 0) is 6.42 Å². The lowest BCUT2D eigenvalue weighted by atomic mass is 10.0. The van der Waals surface area contributed by atoms with Crippen molar-refractivity contribution in [2.75, 3.05) is 0 Å². The van der Waals surface area contributed by atoms with Crippen molar-refractivity contribution >= 4 is 11.6 Å². The Labute approximate surface area is 128 Å². The first kappa shape index (κ1) is 15.9. The molecule has 1 atom stereocenters. The van der Waals surface area contributed by atoms with E-state index < -0.39 is 5.82 Å². The van der Waals surface area contributed by atoms with Gasteiger partial charge < -0.3 is 5.32 Å². The minimum atomic E-state index is -0.440. The number of pyridine rings is 1. The predicted octanol–water partition coefficient (Wildman–Crippen LogP) is 4.30. The summed E-state index contributed by atoms with van der Waals surface area (Å²) in [5.41, 5.74) is 1.53. The molecule has 0 saturated heterocycles. The highest BCUT2D eigenvalue weighted by Gasteiger charge is 2.15. The number of hydrogen-bond acceptors (Lipinski definition) is 2. The number of benzene rings is 1. The number of rotatable bonds is 5. The monoisotopic (exact) mass is 310 g/mol. The number of hydrogen-bond donors (Lipinski definition) is 1. The van der Waals surface area contributed by atoms with Crippen LogP contribution in [0.3, 0.4) is 0 Å². The summed E-state index contributed by atoms with van der Waals surface area (Å²) in [6, 6.07) is 7.85. The third-order valence-corrected chi connectivity index (χ3v) is 3.37. The maximum absolute atomic E-state index is 13.5. The van der Waals surface area contributed by atoms with E-state index in [2.05, 4.69) is 10.3 Å². The van der Waals surface area contributed by atoms with Crippen molar-refractivity contribution in [2.24, 2.45) is 0 Å². The Bertz CT molecular complexity index is 600. The molecular formula is C16H17ClF2N2. The van der Waals surface area contributed by atoms with Crippen LogP contribution in [0.4, 0.5) is 8.78 Å². The van der Waals surface area contributed by atoms with Crippen LogP contribution in [0.15, 0.2) is 36.5 Å². The molecule has 2 aromatic rings. The van der Waals surface area contributed by atoms with E-state index in [-0.39, 0.29) is 22.9 Å². The van der Waals surface area contributed by atoms with Crippen molar-refractivity contribution in [3.63, 3.8) is 0 Å². The maximum atomic E-state index is 13.5. The van der Waals surface area contributed by atoms with Crippen LogP contribution < -0.4 is 5.32 Å². The summed E-state index contributed by atoms with van der Waals surface area (Å²) in [6.45, 7) is 4.03. The van der Waals surface area contributed by atoms with Gasteiger partial charge in [-0.2, -0.15) is 0 Å². The number of nitrogens with one attached hydrogen (secondary N) is 1. The molecule has 21 heavy (non-hydrogen) atoms. The van der Waals surface area contributed by atoms with Gasteiger partial charge in [0.15, 0.2) is 0 Å². The van der Waals surface area contributed by atoms with E-state index in [0.29, 0.717) is 6.42 Å². The zero-order valence-corrected chi connectivity index (χ0v) is 12.7. The minimum Gasteiger partial charge on any atom is -0.306 e. The predicted molar refractivity (Wildman–Crippen MR) is 80.3 cm³/mol. The molecule has 0 saturated carbocycles. The van der Waals surface area contributed by atoms with Crippen molar-refractivity contribution in [3.8, 4) is 0 Å². The maximum Gasteiger partial charge on any atom is 0.142 e. The second-order valence-electron chi connectivity index (χ2n) is 5.23. The van der Waals surface area contributed by atoms with Gasteiger partial charge in [0.2, 0.25) is 0 Å². The molecule has 0 aliphatic rings. The average Bonchev–Trinajstić information content (AvgIpc) is 2.42. The van der Waals surface area contributed by atoms with Crippen LogP contribution in [-0.4, -0.2) is 11.0 Å². The molecular weight excluding hydrogens is 294 g/mol. The third kappa shape index (κ3) is 4.48. The molecule has 1 heterocycles. The molecule has 112 valence electrons. The van der Waals surface area contributed by atoms with Gasteiger partial charge >= 0.3 is 0 Å². The van der Waals surface area contributed by atoms with Gasteiger partial charge in [-0.25, -0.2) is 8.78 Å². The van der Waals surface area contributed by atoms with Gasteiger partial charge in [0.05, 0.1) is 23.0 Å². The van der Waals surface area contributed by atoms with Crippen LogP contribution in [0.25, 0.3) is 0 Å². The van der Waals surface area contributed by atoms with E-state index in [1.807, 2.05) is 13.8 Å². The van der Waals surface area contributed by atoms with Gasteiger partial charge in [0.1, 0.15) is 11.6 Å². The quantitative estimate of drug-likeness (QED) is 0.891. The van der Waals surface area contributed by atoms with Crippen LogP contribution in [0.1, 0.15) is 31.1 Å². The Morgan fingerprint density at radius 3 is 2.52 bits per heavy atom. The van der Waals surface area contributed by atoms with Crippen molar-refractivity contribution in [3.05, 3.63) is 64.4 Å². The fraction of sp³-hybridized carbons (Fsp3) is 0.312. The van der Waals surface area contributed by atoms with Crippen molar-refractivity contribution in [2.45, 2.75) is 32.4 Å². The first-order chi connectivity index (χ1) is 9.95. The first-order valence-corrected chi connectivity index (χ1v) is 7.15. The SMILES string of the molecule is CC(C)NC(Cc1ccc(Cl)c(F)c1)c1ccc(F)cn1. The smallest absolute Gasteiger partial charge is 0.142 e. The summed E-state index contributed by atoms with van der Waals surface area (Å²) in [5, 5.41) is 3.46. The molecule has 2 nitrogen and oxygen atoms in total. The summed E-state index contributed by atoms with van der Waals surface area (Å²) in [5.74, 6) is -0.816. The van der Waals surface area contributed by atoms with Crippen LogP contribution in [0, 0.1) is 11.6 Å². The second-order valence-corrected chi connectivity index (χ2v) is 5.64. The van der Waals surface area contributed by atoms with Gasteiger partial charge in [0.25, 0.3) is 0 Å². The van der Waals surface area contributed by atoms with E-state index in [9.17, 15) is 8.78 Å². The van der Waals surface area contributed by atoms with E-state index in [1.54, 1.807) is 12.1 Å². The van der Waals surface area contributed by atoms with Gasteiger partial charge in [-0.05, 0) is 36.2 Å². The lowest BCUT2D eigenvalue weighted by Gasteiger charge is -2.21. The molecule has 2 rings (SSSR count). The summed E-state index contributed by atoms with van der Waals surface area (Å²) >= 11 is 5.69. The summed E-state index contributed by atoms with van der Waals surface area (Å²) in [4.78, 5) is 4.11. The molecule has 0 amide bonds. The van der Waals surface area contributed by atoms with Gasteiger partial charge in [-0.1, -0.05) is 31.5 Å². The molecule has 5 heteroatoms. The Hall–Kier alpha value is -1.52. The summed E-state index contributed by atoms with van der Waals surface area (Å²) < 4.78 is 26.5. The van der Waals surface area contributed by atoms with Crippen molar-refractivity contribution in [1.82, 2.24) is 10.3 Å². The molecule has 1 aromatic heterocycles. The van der Waals surface area contributed by atoms with E-state index in [0.717, 1.165) is 11.3 Å². The third-order valence-electron chi connectivity index (χ3n) is 3.07. The van der Waals surface area contributed by atoms with Gasteiger partial charge in [-0.3, -0.25) is 4.98 Å². The summed E-state index contributed by atoms with van der Waals surface area (Å²) in [7, 11) is 0. The van der Waals surface area contributed by atoms with Crippen molar-refractivity contribution in [1.29, 1.82) is 0 Å². The fourth-order valence-corrected chi connectivity index (χ4v) is 2.26. The molecule has 0 aliphatic heterocycles. The zero-order valence-electron chi connectivity index (χ0n) is 11.9. The first-order valence-electron chi connectivity index (χ1n) is 6.77. The Morgan fingerprint density at radius 2 is 1.95 bits per heavy atom. The molecule has 0 radical (unpaired) electrons. The molecule has 0 spiro atoms. The highest BCUT2D eigenvalue weighted by Crippen LogP contribution is 2.21. The lowest BCUT2D eigenvalue weighted by Crippen LogP contribution is -2.30. The van der Waals surface area contributed by atoms with Crippen LogP contribution in [0.5, 0.6) is 0 Å². The fourth-order valence-electron chi connectivity index (χ4n) is 2.15. The second kappa shape index (κ2) is 6.96. The molecule has 0 aliphatic carbocycles. The number of aromatic nitrogens is 1. The Morgan fingerprint density at radius 1 is 1.19 bits per heavy atom. The minimum absolute atomic E-state index is 0.104. The topological polar surface area (TPSA) is 24.9 Å². The zero-order chi connectivity index (χ0) is 15.4. The highest BCUT2D eigenvalue weighted by molar-refractivity contribution is 6.30. The average molecular weight is 311 g/mol.